The zero-order valence-corrected chi connectivity index (χ0v) is 14.2. The van der Waals surface area contributed by atoms with Gasteiger partial charge in [-0.3, -0.25) is 0 Å². The van der Waals surface area contributed by atoms with Crippen LogP contribution in [-0.4, -0.2) is 33.6 Å². The van der Waals surface area contributed by atoms with Crippen LogP contribution in [0, 0.1) is 10.1 Å². The minimum atomic E-state index is -0.485. The molecule has 7 heteroatoms. The minimum absolute atomic E-state index is 0.0538. The van der Waals surface area contributed by atoms with E-state index in [0.717, 1.165) is 8.92 Å². The van der Waals surface area contributed by atoms with Gasteiger partial charge < -0.3 is 0 Å². The number of nitrogen functional groups attached to an aromatic ring is 1. The molecule has 0 saturated heterocycles. The molecule has 0 unspecified atom stereocenters. The maximum absolute atomic E-state index is 10.8. The fourth-order valence-electron chi connectivity index (χ4n) is 1.88. The van der Waals surface area contributed by atoms with E-state index in [0.29, 0.717) is 18.1 Å². The number of nitrogens with zero attached hydrogens (tertiary/aromatic N) is 1. The van der Waals surface area contributed by atoms with Crippen molar-refractivity contribution < 1.29 is 14.4 Å². The third-order valence-electron chi connectivity index (χ3n) is 2.92. The van der Waals surface area contributed by atoms with Crippen molar-refractivity contribution in [2.24, 2.45) is 0 Å². The molecule has 0 fully saturated rings. The SMILES string of the molecule is C=CCOc1cc([Se]c2ccc([N+](=O)[O-])c(N)c2)ccc1OC. The number of ether oxygens (including phenoxy) is 2. The number of methoxy groups -OCH3 is 1. The first-order valence-corrected chi connectivity index (χ1v) is 8.40. The molecule has 2 aromatic rings. The van der Waals surface area contributed by atoms with Crippen LogP contribution in [0.1, 0.15) is 0 Å². The molecule has 23 heavy (non-hydrogen) atoms. The molecule has 0 aliphatic carbocycles. The predicted molar refractivity (Wildman–Crippen MR) is 91.2 cm³/mol. The quantitative estimate of drug-likeness (QED) is 0.258. The van der Waals surface area contributed by atoms with E-state index >= 15 is 0 Å². The van der Waals surface area contributed by atoms with Crippen LogP contribution < -0.4 is 24.1 Å². The average Bonchev–Trinajstić information content (AvgIpc) is 2.52. The Morgan fingerprint density at radius 3 is 2.57 bits per heavy atom. The van der Waals surface area contributed by atoms with Gasteiger partial charge in [0, 0.05) is 0 Å². The van der Waals surface area contributed by atoms with Gasteiger partial charge in [-0.05, 0) is 0 Å². The molecule has 2 rings (SSSR count). The zero-order chi connectivity index (χ0) is 16.8. The number of hydrogen-bond acceptors (Lipinski definition) is 5. The summed E-state index contributed by atoms with van der Waals surface area (Å²) in [7, 11) is 1.58. The Balaban J connectivity index is 2.24. The number of hydrogen-bond donors (Lipinski definition) is 1. The standard InChI is InChI=1S/C16H16N2O4Se/c1-3-8-22-16-10-12(5-7-15(16)21-2)23-11-4-6-14(18(19)20)13(17)9-11/h3-7,9-10H,1,8,17H2,2H3. The molecule has 0 bridgehead atoms. The van der Waals surface area contributed by atoms with Gasteiger partial charge in [0.1, 0.15) is 0 Å². The summed E-state index contributed by atoms with van der Waals surface area (Å²) in [6.45, 7) is 4.01. The molecule has 0 aliphatic heterocycles. The van der Waals surface area contributed by atoms with Gasteiger partial charge in [-0.1, -0.05) is 0 Å². The van der Waals surface area contributed by atoms with Gasteiger partial charge in [0.25, 0.3) is 0 Å². The Bertz CT molecular complexity index is 734. The Labute approximate surface area is 140 Å². The molecule has 0 radical (unpaired) electrons. The van der Waals surface area contributed by atoms with E-state index in [1.165, 1.54) is 6.07 Å². The number of nitro benzene ring substituents is 1. The molecular formula is C16H16N2O4Se. The third-order valence-corrected chi connectivity index (χ3v) is 4.98. The predicted octanol–water partition coefficient (Wildman–Crippen LogP) is 1.41. The first kappa shape index (κ1) is 16.9. The maximum atomic E-state index is 10.8. The summed E-state index contributed by atoms with van der Waals surface area (Å²) < 4.78 is 12.8. The number of anilines is 1. The fourth-order valence-corrected chi connectivity index (χ4v) is 3.76. The van der Waals surface area contributed by atoms with E-state index in [9.17, 15) is 10.1 Å². The van der Waals surface area contributed by atoms with Gasteiger partial charge in [-0.25, -0.2) is 0 Å². The number of nitrogens with two attached hydrogens (primary N) is 1. The Morgan fingerprint density at radius 1 is 1.26 bits per heavy atom. The Hall–Kier alpha value is -2.50. The second-order valence-corrected chi connectivity index (χ2v) is 6.90. The summed E-state index contributed by atoms with van der Waals surface area (Å²) in [5, 5.41) is 10.8. The molecule has 120 valence electrons. The van der Waals surface area contributed by atoms with Gasteiger partial charge in [-0.15, -0.1) is 0 Å². The molecule has 0 spiro atoms. The first-order valence-electron chi connectivity index (χ1n) is 6.68. The average molecular weight is 379 g/mol. The van der Waals surface area contributed by atoms with Crippen LogP contribution in [0.15, 0.2) is 49.1 Å². The van der Waals surface area contributed by atoms with Crippen LogP contribution in [0.25, 0.3) is 0 Å². The topological polar surface area (TPSA) is 87.6 Å². The van der Waals surface area contributed by atoms with Crippen molar-refractivity contribution in [2.45, 2.75) is 0 Å². The molecule has 0 atom stereocenters. The summed E-state index contributed by atoms with van der Waals surface area (Å²) in [5.41, 5.74) is 5.83. The van der Waals surface area contributed by atoms with Gasteiger partial charge in [0.05, 0.1) is 0 Å². The van der Waals surface area contributed by atoms with Crippen LogP contribution in [-0.2, 0) is 0 Å². The van der Waals surface area contributed by atoms with E-state index in [4.69, 9.17) is 15.2 Å². The Kier molecular flexibility index (Phi) is 5.62. The van der Waals surface area contributed by atoms with Crippen LogP contribution in [0.3, 0.4) is 0 Å². The van der Waals surface area contributed by atoms with Crippen LogP contribution in [0.4, 0.5) is 11.4 Å². The van der Waals surface area contributed by atoms with Crippen molar-refractivity contribution in [3.05, 3.63) is 59.2 Å². The van der Waals surface area contributed by atoms with E-state index in [-0.39, 0.29) is 26.3 Å². The number of benzene rings is 2. The zero-order valence-electron chi connectivity index (χ0n) is 12.5. The van der Waals surface area contributed by atoms with E-state index in [1.807, 2.05) is 18.2 Å². The van der Waals surface area contributed by atoms with Crippen molar-refractivity contribution in [3.8, 4) is 11.5 Å². The second kappa shape index (κ2) is 7.67. The van der Waals surface area contributed by atoms with Gasteiger partial charge in [0.2, 0.25) is 0 Å². The van der Waals surface area contributed by atoms with Crippen LogP contribution >= 0.6 is 0 Å². The Morgan fingerprint density at radius 2 is 1.96 bits per heavy atom. The van der Waals surface area contributed by atoms with Crippen molar-refractivity contribution in [1.29, 1.82) is 0 Å². The normalized spacial score (nSPS) is 10.1. The van der Waals surface area contributed by atoms with Crippen LogP contribution in [0.2, 0.25) is 0 Å². The fraction of sp³-hybridized carbons (Fsp3) is 0.125. The molecular weight excluding hydrogens is 363 g/mol. The van der Waals surface area contributed by atoms with Crippen molar-refractivity contribution >= 4 is 35.3 Å². The third kappa shape index (κ3) is 4.25. The molecule has 2 N–H and O–H groups in total. The summed E-state index contributed by atoms with van der Waals surface area (Å²) in [5.74, 6) is 1.29. The molecule has 0 saturated carbocycles. The van der Waals surface area contributed by atoms with Gasteiger partial charge >= 0.3 is 140 Å². The molecule has 0 aromatic heterocycles. The van der Waals surface area contributed by atoms with Crippen molar-refractivity contribution in [3.63, 3.8) is 0 Å². The molecule has 0 amide bonds. The van der Waals surface area contributed by atoms with Crippen molar-refractivity contribution in [2.75, 3.05) is 19.5 Å². The van der Waals surface area contributed by atoms with Gasteiger partial charge in [0.15, 0.2) is 0 Å². The summed E-state index contributed by atoms with van der Waals surface area (Å²) in [6, 6.07) is 10.5. The molecule has 0 aliphatic rings. The number of nitro groups is 1. The van der Waals surface area contributed by atoms with Crippen LogP contribution in [0.5, 0.6) is 11.5 Å². The molecule has 6 nitrogen and oxygen atoms in total. The molecule has 0 heterocycles. The van der Waals surface area contributed by atoms with E-state index < -0.39 is 4.92 Å². The summed E-state index contributed by atoms with van der Waals surface area (Å²) >= 11 is -0.0538. The monoisotopic (exact) mass is 380 g/mol. The summed E-state index contributed by atoms with van der Waals surface area (Å²) in [6.07, 6.45) is 1.66. The van der Waals surface area contributed by atoms with E-state index in [2.05, 4.69) is 6.58 Å². The summed E-state index contributed by atoms with van der Waals surface area (Å²) in [4.78, 5) is 10.3. The first-order chi connectivity index (χ1) is 11.0. The van der Waals surface area contributed by atoms with Gasteiger partial charge in [-0.2, -0.15) is 0 Å². The number of rotatable bonds is 7. The molecule has 2 aromatic carbocycles. The second-order valence-electron chi connectivity index (χ2n) is 4.49. The van der Waals surface area contributed by atoms with E-state index in [1.54, 1.807) is 25.3 Å². The van der Waals surface area contributed by atoms with Crippen molar-refractivity contribution in [1.82, 2.24) is 0 Å².